The van der Waals surface area contributed by atoms with E-state index < -0.39 is 11.5 Å². The van der Waals surface area contributed by atoms with Crippen LogP contribution in [0.25, 0.3) is 0 Å². The molecule has 0 bridgehead atoms. The Morgan fingerprint density at radius 1 is 1.26 bits per heavy atom. The first-order valence-corrected chi connectivity index (χ1v) is 7.97. The van der Waals surface area contributed by atoms with Crippen molar-refractivity contribution >= 4 is 40.9 Å². The smallest absolute Gasteiger partial charge is 0.331 e. The third kappa shape index (κ3) is 4.24. The maximum absolute atomic E-state index is 12.3. The summed E-state index contributed by atoms with van der Waals surface area (Å²) in [5.74, 6) is -0.797. The van der Waals surface area contributed by atoms with Gasteiger partial charge in [0.15, 0.2) is 0 Å². The molecule has 0 heterocycles. The number of ketones is 1. The maximum atomic E-state index is 12.3. The number of hydrogen-bond acceptors (Lipinski definition) is 4. The molecule has 0 radical (unpaired) electrons. The van der Waals surface area contributed by atoms with Crippen molar-refractivity contribution in [3.63, 3.8) is 0 Å². The molecule has 1 aromatic carbocycles. The third-order valence-electron chi connectivity index (χ3n) is 3.98. The molecule has 1 N–H and O–H groups in total. The molecule has 0 aliphatic heterocycles. The highest BCUT2D eigenvalue weighted by molar-refractivity contribution is 6.35. The molecule has 0 atom stereocenters. The Morgan fingerprint density at radius 3 is 2.48 bits per heavy atom. The first kappa shape index (κ1) is 17.8. The minimum atomic E-state index is -1.14. The number of nitrogens with one attached hydrogen (secondary N) is 1. The number of benzene rings is 1. The second kappa shape index (κ2) is 7.32. The van der Waals surface area contributed by atoms with Crippen molar-refractivity contribution in [1.82, 2.24) is 5.32 Å². The molecule has 1 aliphatic carbocycles. The van der Waals surface area contributed by atoms with E-state index in [0.717, 1.165) is 0 Å². The lowest BCUT2D eigenvalue weighted by atomic mass is 9.81. The monoisotopic (exact) mass is 357 g/mol. The predicted octanol–water partition coefficient (Wildman–Crippen LogP) is 2.71. The first-order chi connectivity index (χ1) is 10.9. The topological polar surface area (TPSA) is 72.5 Å². The minimum absolute atomic E-state index is 0.0166. The highest BCUT2D eigenvalue weighted by Crippen LogP contribution is 2.28. The second-order valence-corrected chi connectivity index (χ2v) is 6.42. The molecule has 1 fully saturated rings. The van der Waals surface area contributed by atoms with E-state index in [0.29, 0.717) is 15.6 Å². The van der Waals surface area contributed by atoms with Gasteiger partial charge >= 0.3 is 5.97 Å². The van der Waals surface area contributed by atoms with Crippen LogP contribution in [0.1, 0.15) is 31.2 Å². The summed E-state index contributed by atoms with van der Waals surface area (Å²) in [6.07, 6.45) is 1.01. The van der Waals surface area contributed by atoms with Gasteiger partial charge in [-0.3, -0.25) is 9.59 Å². The molecule has 7 heteroatoms. The summed E-state index contributed by atoms with van der Waals surface area (Å²) in [5, 5.41) is 3.61. The van der Waals surface area contributed by atoms with Gasteiger partial charge in [0, 0.05) is 22.9 Å². The molecule has 1 amide bonds. The number of Topliss-reactive ketones (excluding diaryl/α,β-unsaturated/α-hetero) is 1. The van der Waals surface area contributed by atoms with E-state index in [1.807, 2.05) is 0 Å². The Bertz CT molecular complexity index is 635. The van der Waals surface area contributed by atoms with Gasteiger partial charge in [-0.2, -0.15) is 0 Å². The Labute approximate surface area is 144 Å². The van der Waals surface area contributed by atoms with E-state index in [4.69, 9.17) is 27.9 Å². The molecule has 0 unspecified atom stereocenters. The number of ether oxygens (including phenoxy) is 1. The predicted molar refractivity (Wildman–Crippen MR) is 86.5 cm³/mol. The van der Waals surface area contributed by atoms with Gasteiger partial charge in [0.25, 0.3) is 0 Å². The molecule has 23 heavy (non-hydrogen) atoms. The fourth-order valence-electron chi connectivity index (χ4n) is 2.68. The van der Waals surface area contributed by atoms with Crippen molar-refractivity contribution in [2.24, 2.45) is 0 Å². The van der Waals surface area contributed by atoms with Gasteiger partial charge < -0.3 is 10.1 Å². The standard InChI is InChI=1S/C16H17Cl2NO4/c1-23-15(22)16(6-4-12(20)5-7-16)19-14(21)8-10-2-3-11(17)9-13(10)18/h2-3,9H,4-8H2,1H3,(H,19,21). The van der Waals surface area contributed by atoms with Gasteiger partial charge in [0.1, 0.15) is 11.3 Å². The van der Waals surface area contributed by atoms with Crippen LogP contribution in [0.5, 0.6) is 0 Å². The first-order valence-electron chi connectivity index (χ1n) is 7.21. The summed E-state index contributed by atoms with van der Waals surface area (Å²) in [4.78, 5) is 35.9. The van der Waals surface area contributed by atoms with Crippen LogP contribution in [0.2, 0.25) is 10.0 Å². The van der Waals surface area contributed by atoms with Crippen LogP contribution in [-0.2, 0) is 25.5 Å². The summed E-state index contributed by atoms with van der Waals surface area (Å²) in [7, 11) is 1.27. The molecular formula is C16H17Cl2NO4. The SMILES string of the molecule is COC(=O)C1(NC(=O)Cc2ccc(Cl)cc2Cl)CCC(=O)CC1. The Balaban J connectivity index is 2.11. The van der Waals surface area contributed by atoms with E-state index in [-0.39, 0.29) is 43.8 Å². The van der Waals surface area contributed by atoms with Crippen LogP contribution < -0.4 is 5.32 Å². The largest absolute Gasteiger partial charge is 0.467 e. The molecule has 1 aliphatic rings. The van der Waals surface area contributed by atoms with E-state index in [1.54, 1.807) is 18.2 Å². The van der Waals surface area contributed by atoms with Crippen LogP contribution in [0, 0.1) is 0 Å². The summed E-state index contributed by atoms with van der Waals surface area (Å²) < 4.78 is 4.81. The van der Waals surface area contributed by atoms with Crippen molar-refractivity contribution in [3.05, 3.63) is 33.8 Å². The lowest BCUT2D eigenvalue weighted by Crippen LogP contribution is -2.57. The molecule has 1 saturated carbocycles. The van der Waals surface area contributed by atoms with Gasteiger partial charge in [-0.15, -0.1) is 0 Å². The van der Waals surface area contributed by atoms with Crippen LogP contribution in [0.3, 0.4) is 0 Å². The average Bonchev–Trinajstić information content (AvgIpc) is 2.52. The molecular weight excluding hydrogens is 341 g/mol. The molecule has 0 saturated heterocycles. The Kier molecular flexibility index (Phi) is 5.65. The number of hydrogen-bond donors (Lipinski definition) is 1. The molecule has 0 spiro atoms. The molecule has 2 rings (SSSR count). The van der Waals surface area contributed by atoms with Gasteiger partial charge in [-0.1, -0.05) is 29.3 Å². The number of carbonyl (C=O) groups is 3. The van der Waals surface area contributed by atoms with E-state index in [9.17, 15) is 14.4 Å². The highest BCUT2D eigenvalue weighted by atomic mass is 35.5. The number of carbonyl (C=O) groups excluding carboxylic acids is 3. The summed E-state index contributed by atoms with van der Waals surface area (Å²) in [6, 6.07) is 4.87. The van der Waals surface area contributed by atoms with Crippen LogP contribution in [0.4, 0.5) is 0 Å². The van der Waals surface area contributed by atoms with Crippen LogP contribution in [-0.4, -0.2) is 30.3 Å². The minimum Gasteiger partial charge on any atom is -0.467 e. The maximum Gasteiger partial charge on any atom is 0.331 e. The lowest BCUT2D eigenvalue weighted by Gasteiger charge is -2.34. The summed E-state index contributed by atoms with van der Waals surface area (Å²) >= 11 is 11.9. The number of esters is 1. The van der Waals surface area contributed by atoms with Gasteiger partial charge in [-0.05, 0) is 30.5 Å². The summed E-state index contributed by atoms with van der Waals surface area (Å²) in [6.45, 7) is 0. The lowest BCUT2D eigenvalue weighted by molar-refractivity contribution is -0.153. The normalized spacial score (nSPS) is 16.7. The average molecular weight is 358 g/mol. The summed E-state index contributed by atoms with van der Waals surface area (Å²) in [5.41, 5.74) is -0.529. The Morgan fingerprint density at radius 2 is 1.91 bits per heavy atom. The van der Waals surface area contributed by atoms with Crippen molar-refractivity contribution < 1.29 is 19.1 Å². The fraction of sp³-hybridized carbons (Fsp3) is 0.438. The zero-order chi connectivity index (χ0) is 17.0. The molecule has 124 valence electrons. The molecule has 5 nitrogen and oxygen atoms in total. The highest BCUT2D eigenvalue weighted by Gasteiger charge is 2.43. The van der Waals surface area contributed by atoms with Gasteiger partial charge in [-0.25, -0.2) is 4.79 Å². The Hall–Kier alpha value is -1.59. The number of methoxy groups -OCH3 is 1. The van der Waals surface area contributed by atoms with Crippen LogP contribution >= 0.6 is 23.2 Å². The van der Waals surface area contributed by atoms with Gasteiger partial charge in [0.2, 0.25) is 5.91 Å². The van der Waals surface area contributed by atoms with E-state index in [2.05, 4.69) is 5.32 Å². The third-order valence-corrected chi connectivity index (χ3v) is 4.57. The number of amides is 1. The van der Waals surface area contributed by atoms with Crippen molar-refractivity contribution in [2.45, 2.75) is 37.6 Å². The molecule has 0 aromatic heterocycles. The molecule has 1 aromatic rings. The zero-order valence-electron chi connectivity index (χ0n) is 12.7. The zero-order valence-corrected chi connectivity index (χ0v) is 14.2. The van der Waals surface area contributed by atoms with E-state index >= 15 is 0 Å². The van der Waals surface area contributed by atoms with Crippen molar-refractivity contribution in [3.8, 4) is 0 Å². The number of halogens is 2. The van der Waals surface area contributed by atoms with Crippen LogP contribution in [0.15, 0.2) is 18.2 Å². The number of rotatable bonds is 4. The van der Waals surface area contributed by atoms with E-state index in [1.165, 1.54) is 7.11 Å². The van der Waals surface area contributed by atoms with Gasteiger partial charge in [0.05, 0.1) is 13.5 Å². The second-order valence-electron chi connectivity index (χ2n) is 5.57. The fourth-order valence-corrected chi connectivity index (χ4v) is 3.16. The van der Waals surface area contributed by atoms with Crippen molar-refractivity contribution in [1.29, 1.82) is 0 Å². The quantitative estimate of drug-likeness (QED) is 0.840. The van der Waals surface area contributed by atoms with Crippen molar-refractivity contribution in [2.75, 3.05) is 7.11 Å².